The van der Waals surface area contributed by atoms with Crippen LogP contribution in [0, 0.1) is 0 Å². The van der Waals surface area contributed by atoms with Gasteiger partial charge in [-0.3, -0.25) is 4.79 Å². The monoisotopic (exact) mass is 262 g/mol. The van der Waals surface area contributed by atoms with Gasteiger partial charge in [0, 0.05) is 24.9 Å². The first-order chi connectivity index (χ1) is 8.56. The predicted octanol–water partition coefficient (Wildman–Crippen LogP) is 1.06. The molecule has 2 rings (SSSR count). The molecule has 0 saturated heterocycles. The zero-order chi connectivity index (χ0) is 13.1. The van der Waals surface area contributed by atoms with E-state index in [9.17, 15) is 4.79 Å². The fourth-order valence-electron chi connectivity index (χ4n) is 1.66. The van der Waals surface area contributed by atoms with Gasteiger partial charge in [0.15, 0.2) is 0 Å². The van der Waals surface area contributed by atoms with Crippen molar-refractivity contribution in [1.82, 2.24) is 4.90 Å². The number of halogens is 1. The lowest BCUT2D eigenvalue weighted by molar-refractivity contribution is -0.112. The second kappa shape index (κ2) is 5.48. The third kappa shape index (κ3) is 3.54. The molecule has 1 N–H and O–H groups in total. The lowest BCUT2D eigenvalue weighted by Crippen LogP contribution is -2.19. The summed E-state index contributed by atoms with van der Waals surface area (Å²) in [7, 11) is 3.92. The zero-order valence-electron chi connectivity index (χ0n) is 10.6. The molecule has 0 aromatic heterocycles. The van der Waals surface area contributed by atoms with E-state index >= 15 is 0 Å². The molecule has 0 atom stereocenters. The Morgan fingerprint density at radius 1 is 1.44 bits per heavy atom. The molecule has 0 heterocycles. The Balaban J connectivity index is 1.95. The molecule has 1 aliphatic carbocycles. The van der Waals surface area contributed by atoms with Crippen molar-refractivity contribution in [1.29, 1.82) is 0 Å². The summed E-state index contributed by atoms with van der Waals surface area (Å²) in [6.07, 6.45) is 3.74. The summed E-state index contributed by atoms with van der Waals surface area (Å²) in [4.78, 5) is 13.7. The Kier molecular flexibility index (Phi) is 3.97. The highest BCUT2D eigenvalue weighted by Gasteiger charge is 2.27. The molecular weight excluding hydrogens is 246 g/mol. The number of carbonyl (C=O) groups is 1. The van der Waals surface area contributed by atoms with Crippen LogP contribution in [-0.2, 0) is 4.79 Å². The van der Waals surface area contributed by atoms with Crippen molar-refractivity contribution < 1.29 is 4.79 Å². The maximum absolute atomic E-state index is 11.8. The first kappa shape index (κ1) is 13.0. The number of anilines is 1. The molecule has 0 bridgehead atoms. The third-order valence-electron chi connectivity index (χ3n) is 3.00. The van der Waals surface area contributed by atoms with Crippen LogP contribution in [-0.4, -0.2) is 31.7 Å². The molecule has 1 amide bonds. The van der Waals surface area contributed by atoms with Crippen molar-refractivity contribution in [3.63, 3.8) is 0 Å². The van der Waals surface area contributed by atoms with Crippen molar-refractivity contribution in [3.05, 3.63) is 35.5 Å². The first-order valence-electron chi connectivity index (χ1n) is 6.04. The first-order valence-corrected chi connectivity index (χ1v) is 6.42. The summed E-state index contributed by atoms with van der Waals surface area (Å²) in [5.41, 5.74) is 1.94. The molecule has 3 nitrogen and oxygen atoms in total. The quantitative estimate of drug-likeness (QED) is 0.500. The molecule has 0 spiro atoms. The molecule has 0 radical (unpaired) electrons. The van der Waals surface area contributed by atoms with Crippen LogP contribution in [0.5, 0.6) is 0 Å². The Morgan fingerprint density at radius 3 is 2.61 bits per heavy atom. The minimum atomic E-state index is -0.198. The number of carbonyl (C=O) groups excluding carboxylic acids is 1. The number of benzene rings is 1. The molecular formula is C13H16BClN2O. The SMILES string of the molecule is Bc1ccc(NC(=O)/C=C(/Cl)N(C)C2CC2)cc1. The largest absolute Gasteiger partial charge is 0.362 e. The highest BCUT2D eigenvalue weighted by Crippen LogP contribution is 2.29. The minimum Gasteiger partial charge on any atom is -0.362 e. The van der Waals surface area contributed by atoms with Gasteiger partial charge in [-0.15, -0.1) is 0 Å². The lowest BCUT2D eigenvalue weighted by atomic mass is 9.96. The van der Waals surface area contributed by atoms with E-state index in [-0.39, 0.29) is 5.91 Å². The summed E-state index contributed by atoms with van der Waals surface area (Å²) in [5.74, 6) is -0.198. The van der Waals surface area contributed by atoms with Gasteiger partial charge in [0.25, 0.3) is 5.91 Å². The van der Waals surface area contributed by atoms with Crippen LogP contribution < -0.4 is 10.8 Å². The fourth-order valence-corrected chi connectivity index (χ4v) is 1.90. The van der Waals surface area contributed by atoms with Gasteiger partial charge in [0.05, 0.1) is 0 Å². The maximum Gasteiger partial charge on any atom is 0.251 e. The number of hydrogen-bond acceptors (Lipinski definition) is 2. The normalized spacial score (nSPS) is 15.3. The van der Waals surface area contributed by atoms with Crippen LogP contribution in [0.1, 0.15) is 12.8 Å². The van der Waals surface area contributed by atoms with E-state index in [1.165, 1.54) is 6.08 Å². The van der Waals surface area contributed by atoms with Crippen LogP contribution in [0.4, 0.5) is 5.69 Å². The van der Waals surface area contributed by atoms with E-state index in [2.05, 4.69) is 5.32 Å². The Hall–Kier alpha value is -1.42. The molecule has 1 aromatic rings. The minimum absolute atomic E-state index is 0.198. The van der Waals surface area contributed by atoms with Gasteiger partial charge in [0.1, 0.15) is 13.0 Å². The van der Waals surface area contributed by atoms with E-state index in [1.54, 1.807) is 0 Å². The molecule has 1 aromatic carbocycles. The predicted molar refractivity (Wildman–Crippen MR) is 78.0 cm³/mol. The molecule has 1 fully saturated rings. The summed E-state index contributed by atoms with van der Waals surface area (Å²) in [6, 6.07) is 8.16. The molecule has 1 saturated carbocycles. The number of nitrogens with zero attached hydrogens (tertiary/aromatic N) is 1. The van der Waals surface area contributed by atoms with Gasteiger partial charge in [-0.25, -0.2) is 0 Å². The Bertz CT molecular complexity index is 468. The van der Waals surface area contributed by atoms with Crippen molar-refractivity contribution in [2.75, 3.05) is 12.4 Å². The second-order valence-electron chi connectivity index (χ2n) is 4.66. The van der Waals surface area contributed by atoms with Crippen LogP contribution in [0.3, 0.4) is 0 Å². The number of hydrogen-bond donors (Lipinski definition) is 1. The van der Waals surface area contributed by atoms with Gasteiger partial charge in [-0.05, 0) is 25.0 Å². The van der Waals surface area contributed by atoms with Gasteiger partial charge in [-0.1, -0.05) is 29.2 Å². The number of nitrogens with one attached hydrogen (secondary N) is 1. The van der Waals surface area contributed by atoms with Gasteiger partial charge in [-0.2, -0.15) is 0 Å². The number of amides is 1. The summed E-state index contributed by atoms with van der Waals surface area (Å²) in [6.45, 7) is 0. The van der Waals surface area contributed by atoms with Gasteiger partial charge < -0.3 is 10.2 Å². The van der Waals surface area contributed by atoms with Crippen LogP contribution in [0.25, 0.3) is 0 Å². The highest BCUT2D eigenvalue weighted by molar-refractivity contribution is 6.32. The highest BCUT2D eigenvalue weighted by atomic mass is 35.5. The topological polar surface area (TPSA) is 32.3 Å². The van der Waals surface area contributed by atoms with E-state index < -0.39 is 0 Å². The average Bonchev–Trinajstić information content (AvgIpc) is 3.15. The molecule has 94 valence electrons. The molecule has 0 aliphatic heterocycles. The van der Waals surface area contributed by atoms with Crippen LogP contribution in [0.15, 0.2) is 35.5 Å². The van der Waals surface area contributed by atoms with E-state index in [4.69, 9.17) is 11.6 Å². The average molecular weight is 263 g/mol. The summed E-state index contributed by atoms with van der Waals surface area (Å²) < 4.78 is 0. The zero-order valence-corrected chi connectivity index (χ0v) is 11.4. The van der Waals surface area contributed by atoms with Gasteiger partial charge in [0.2, 0.25) is 0 Å². The smallest absolute Gasteiger partial charge is 0.251 e. The van der Waals surface area contributed by atoms with Crippen molar-refractivity contribution >= 4 is 36.5 Å². The van der Waals surface area contributed by atoms with Crippen molar-refractivity contribution in [2.24, 2.45) is 0 Å². The molecule has 0 unspecified atom stereocenters. The summed E-state index contributed by atoms with van der Waals surface area (Å²) in [5, 5.41) is 3.28. The number of rotatable bonds is 4. The lowest BCUT2D eigenvalue weighted by Gasteiger charge is -2.16. The Labute approximate surface area is 113 Å². The second-order valence-corrected chi connectivity index (χ2v) is 5.05. The van der Waals surface area contributed by atoms with Crippen LogP contribution in [0.2, 0.25) is 0 Å². The van der Waals surface area contributed by atoms with Crippen molar-refractivity contribution in [3.8, 4) is 0 Å². The van der Waals surface area contributed by atoms with Crippen LogP contribution >= 0.6 is 11.6 Å². The molecule has 18 heavy (non-hydrogen) atoms. The van der Waals surface area contributed by atoms with E-state index in [0.717, 1.165) is 24.0 Å². The maximum atomic E-state index is 11.8. The molecule has 5 heteroatoms. The van der Waals surface area contributed by atoms with E-state index in [0.29, 0.717) is 11.2 Å². The van der Waals surface area contributed by atoms with Crippen molar-refractivity contribution in [2.45, 2.75) is 18.9 Å². The summed E-state index contributed by atoms with van der Waals surface area (Å²) >= 11 is 6.08. The molecule has 1 aliphatic rings. The third-order valence-corrected chi connectivity index (χ3v) is 3.38. The van der Waals surface area contributed by atoms with Gasteiger partial charge >= 0.3 is 0 Å². The fraction of sp³-hybridized carbons (Fsp3) is 0.308. The standard InChI is InChI=1S/C13H16BClN2O/c1-17(11-6-7-11)12(15)8-13(18)16-10-4-2-9(14)3-5-10/h2-5,8,11H,6-7,14H2,1H3,(H,16,18)/b12-8-. The van der Waals surface area contributed by atoms with E-state index in [1.807, 2.05) is 44.1 Å². The Morgan fingerprint density at radius 2 is 2.06 bits per heavy atom.